The molecule has 0 fully saturated rings. The van der Waals surface area contributed by atoms with Gasteiger partial charge in [0.05, 0.1) is 7.11 Å². The number of rotatable bonds is 1. The van der Waals surface area contributed by atoms with Gasteiger partial charge in [-0.05, 0) is 24.6 Å². The fourth-order valence-electron chi connectivity index (χ4n) is 1.64. The second kappa shape index (κ2) is 3.84. The van der Waals surface area contributed by atoms with Crippen LogP contribution < -0.4 is 5.32 Å². The van der Waals surface area contributed by atoms with Crippen molar-refractivity contribution in [2.45, 2.75) is 12.8 Å². The van der Waals surface area contributed by atoms with Crippen LogP contribution in [0.25, 0.3) is 0 Å². The number of hydrogen-bond donors (Lipinski definition) is 1. The number of hydrogen-bond acceptors (Lipinski definition) is 4. The molecule has 0 spiro atoms. The van der Waals surface area contributed by atoms with Crippen molar-refractivity contribution in [3.63, 3.8) is 0 Å². The van der Waals surface area contributed by atoms with E-state index >= 15 is 0 Å². The molecule has 4 nitrogen and oxygen atoms in total. The van der Waals surface area contributed by atoms with Crippen LogP contribution in [-0.2, 0) is 17.6 Å². The Hall–Kier alpha value is -1.29. The van der Waals surface area contributed by atoms with E-state index in [-0.39, 0.29) is 0 Å². The van der Waals surface area contributed by atoms with Crippen molar-refractivity contribution in [1.82, 2.24) is 5.32 Å². The average molecular weight is 195 g/mol. The standard InChI is InChI=1S/C10H13NO3/c1-13-10(12)9-6-7-2-4-11-5-3-8(7)14-9/h6,11H,2-5H2,1H3. The normalized spacial score (nSPS) is 15.8. The van der Waals surface area contributed by atoms with E-state index in [1.807, 2.05) is 0 Å². The summed E-state index contributed by atoms with van der Waals surface area (Å²) < 4.78 is 10.0. The Morgan fingerprint density at radius 2 is 2.29 bits per heavy atom. The van der Waals surface area contributed by atoms with Crippen molar-refractivity contribution in [3.05, 3.63) is 23.2 Å². The zero-order chi connectivity index (χ0) is 9.97. The Labute approximate surface area is 82.2 Å². The number of carbonyl (C=O) groups is 1. The number of fused-ring (bicyclic) bond motifs is 1. The minimum Gasteiger partial charge on any atom is -0.463 e. The first-order valence-electron chi connectivity index (χ1n) is 4.72. The Morgan fingerprint density at radius 1 is 1.50 bits per heavy atom. The van der Waals surface area contributed by atoms with E-state index in [0.29, 0.717) is 5.76 Å². The first-order chi connectivity index (χ1) is 6.81. The highest BCUT2D eigenvalue weighted by Gasteiger charge is 2.17. The van der Waals surface area contributed by atoms with Crippen LogP contribution in [0.3, 0.4) is 0 Å². The molecular weight excluding hydrogens is 182 g/mol. The van der Waals surface area contributed by atoms with Crippen molar-refractivity contribution < 1.29 is 13.9 Å². The minimum absolute atomic E-state index is 0.319. The van der Waals surface area contributed by atoms with E-state index in [1.165, 1.54) is 7.11 Å². The zero-order valence-electron chi connectivity index (χ0n) is 8.13. The Bertz CT molecular complexity index is 320. The number of ether oxygens (including phenoxy) is 1. The first-order valence-corrected chi connectivity index (χ1v) is 4.72. The van der Waals surface area contributed by atoms with Crippen molar-refractivity contribution in [2.24, 2.45) is 0 Å². The average Bonchev–Trinajstić information content (AvgIpc) is 2.49. The van der Waals surface area contributed by atoms with Gasteiger partial charge in [-0.1, -0.05) is 0 Å². The summed E-state index contributed by atoms with van der Waals surface area (Å²) in [6.45, 7) is 1.84. The summed E-state index contributed by atoms with van der Waals surface area (Å²) in [5.41, 5.74) is 1.12. The van der Waals surface area contributed by atoms with Crippen LogP contribution in [0.1, 0.15) is 21.9 Å². The molecule has 0 aromatic carbocycles. The van der Waals surface area contributed by atoms with Gasteiger partial charge in [-0.2, -0.15) is 0 Å². The summed E-state index contributed by atoms with van der Waals surface area (Å²) >= 11 is 0. The van der Waals surface area contributed by atoms with Gasteiger partial charge in [0, 0.05) is 13.0 Å². The number of furan rings is 1. The first kappa shape index (κ1) is 9.27. The Kier molecular flexibility index (Phi) is 2.54. The van der Waals surface area contributed by atoms with Crippen LogP contribution in [0.15, 0.2) is 10.5 Å². The van der Waals surface area contributed by atoms with Gasteiger partial charge in [0.25, 0.3) is 0 Å². The third kappa shape index (κ3) is 1.65. The van der Waals surface area contributed by atoms with E-state index in [1.54, 1.807) is 6.07 Å². The van der Waals surface area contributed by atoms with Gasteiger partial charge in [0.2, 0.25) is 5.76 Å². The number of methoxy groups -OCH3 is 1. The van der Waals surface area contributed by atoms with Gasteiger partial charge in [0.15, 0.2) is 0 Å². The Balaban J connectivity index is 2.26. The lowest BCUT2D eigenvalue weighted by molar-refractivity contribution is 0.0563. The molecule has 0 atom stereocenters. The molecule has 1 aromatic heterocycles. The summed E-state index contributed by atoms with van der Waals surface area (Å²) in [5.74, 6) is 0.834. The summed E-state index contributed by atoms with van der Waals surface area (Å²) in [6.07, 6.45) is 1.75. The molecule has 2 heterocycles. The lowest BCUT2D eigenvalue weighted by Crippen LogP contribution is -2.16. The van der Waals surface area contributed by atoms with Crippen molar-refractivity contribution in [3.8, 4) is 0 Å². The topological polar surface area (TPSA) is 51.5 Å². The fourth-order valence-corrected chi connectivity index (χ4v) is 1.64. The highest BCUT2D eigenvalue weighted by Crippen LogP contribution is 2.18. The lowest BCUT2D eigenvalue weighted by atomic mass is 10.1. The van der Waals surface area contributed by atoms with E-state index < -0.39 is 5.97 Å². The summed E-state index contributed by atoms with van der Waals surface area (Å²) in [5, 5.41) is 3.27. The molecular formula is C10H13NO3. The summed E-state index contributed by atoms with van der Waals surface area (Å²) in [4.78, 5) is 11.2. The molecule has 0 radical (unpaired) electrons. The second-order valence-electron chi connectivity index (χ2n) is 3.30. The van der Waals surface area contributed by atoms with Crippen molar-refractivity contribution >= 4 is 5.97 Å². The molecule has 0 amide bonds. The molecule has 1 aliphatic rings. The summed E-state index contributed by atoms with van der Waals surface area (Å²) in [6, 6.07) is 1.79. The smallest absolute Gasteiger partial charge is 0.373 e. The second-order valence-corrected chi connectivity index (χ2v) is 3.30. The number of nitrogens with one attached hydrogen (secondary N) is 1. The molecule has 0 saturated heterocycles. The van der Waals surface area contributed by atoms with Gasteiger partial charge < -0.3 is 14.5 Å². The molecule has 1 aliphatic heterocycles. The molecule has 0 bridgehead atoms. The third-order valence-electron chi connectivity index (χ3n) is 2.38. The largest absolute Gasteiger partial charge is 0.463 e. The maximum Gasteiger partial charge on any atom is 0.373 e. The van der Waals surface area contributed by atoms with Crippen LogP contribution in [0.2, 0.25) is 0 Å². The molecule has 1 N–H and O–H groups in total. The molecule has 0 aliphatic carbocycles. The SMILES string of the molecule is COC(=O)c1cc2c(o1)CCNCC2. The molecule has 4 heteroatoms. The number of carbonyl (C=O) groups excluding carboxylic acids is 1. The van der Waals surface area contributed by atoms with Gasteiger partial charge in [0.1, 0.15) is 5.76 Å². The monoisotopic (exact) mass is 195 g/mol. The van der Waals surface area contributed by atoms with E-state index in [0.717, 1.165) is 37.3 Å². The highest BCUT2D eigenvalue weighted by molar-refractivity contribution is 5.86. The molecule has 0 unspecified atom stereocenters. The molecule has 14 heavy (non-hydrogen) atoms. The quantitative estimate of drug-likeness (QED) is 0.672. The molecule has 0 saturated carbocycles. The van der Waals surface area contributed by atoms with E-state index in [9.17, 15) is 4.79 Å². The molecule has 2 rings (SSSR count). The van der Waals surface area contributed by atoms with Crippen LogP contribution in [-0.4, -0.2) is 26.2 Å². The zero-order valence-corrected chi connectivity index (χ0v) is 8.13. The van der Waals surface area contributed by atoms with Gasteiger partial charge >= 0.3 is 5.97 Å². The van der Waals surface area contributed by atoms with Gasteiger partial charge in [-0.15, -0.1) is 0 Å². The van der Waals surface area contributed by atoms with Crippen molar-refractivity contribution in [2.75, 3.05) is 20.2 Å². The molecule has 76 valence electrons. The van der Waals surface area contributed by atoms with Crippen LogP contribution in [0.5, 0.6) is 0 Å². The van der Waals surface area contributed by atoms with E-state index in [2.05, 4.69) is 10.1 Å². The van der Waals surface area contributed by atoms with Crippen LogP contribution in [0.4, 0.5) is 0 Å². The predicted molar refractivity (Wildman–Crippen MR) is 50.3 cm³/mol. The van der Waals surface area contributed by atoms with Crippen LogP contribution in [0, 0.1) is 0 Å². The molecule has 1 aromatic rings. The van der Waals surface area contributed by atoms with Gasteiger partial charge in [-0.3, -0.25) is 0 Å². The lowest BCUT2D eigenvalue weighted by Gasteiger charge is -1.96. The fraction of sp³-hybridized carbons (Fsp3) is 0.500. The minimum atomic E-state index is -0.397. The van der Waals surface area contributed by atoms with Crippen LogP contribution >= 0.6 is 0 Å². The van der Waals surface area contributed by atoms with Crippen molar-refractivity contribution in [1.29, 1.82) is 0 Å². The Morgan fingerprint density at radius 3 is 3.07 bits per heavy atom. The van der Waals surface area contributed by atoms with Gasteiger partial charge in [-0.25, -0.2) is 4.79 Å². The van der Waals surface area contributed by atoms with E-state index in [4.69, 9.17) is 4.42 Å². The predicted octanol–water partition coefficient (Wildman–Crippen LogP) is 0.754. The number of esters is 1. The maximum atomic E-state index is 11.2. The third-order valence-corrected chi connectivity index (χ3v) is 2.38. The highest BCUT2D eigenvalue weighted by atomic mass is 16.5. The maximum absolute atomic E-state index is 11.2. The summed E-state index contributed by atoms with van der Waals surface area (Å²) in [7, 11) is 1.36.